The van der Waals surface area contributed by atoms with Gasteiger partial charge in [0.05, 0.1) is 42.7 Å². The molecule has 2 heterocycles. The largest absolute Gasteiger partial charge is 0.379 e. The van der Waals surface area contributed by atoms with Crippen molar-refractivity contribution in [1.29, 1.82) is 0 Å². The molecule has 1 saturated heterocycles. The predicted molar refractivity (Wildman–Crippen MR) is 304 cm³/mol. The number of benzene rings is 2. The molecule has 9 atom stereocenters. The number of unbranched alkanes of at least 4 members (excludes halogenated alkanes) is 2. The van der Waals surface area contributed by atoms with Crippen molar-refractivity contribution in [1.82, 2.24) is 46.4 Å². The van der Waals surface area contributed by atoms with Crippen molar-refractivity contribution in [2.45, 2.75) is 168 Å². The minimum Gasteiger partial charge on any atom is -0.379 e. The van der Waals surface area contributed by atoms with Crippen LogP contribution in [-0.4, -0.2) is 163 Å². The number of imide groups is 2. The SMILES string of the molecule is CC[C@H](C)[C@@H]([C@@H](CC(=O)N1CCC[C@H]1[C@H](OC)[C@@H](C)C(=O)N[C@@H](Cc1ccccc1)C(=O)NCc1ccccc1)OC)N(C)[C@H](C(=O)NC(=O)[C@H](C(C)C)N(C)CCCC(=O)NNC(=O)CCCCCN1C(=O)C=CC1=O)C(C)C. The van der Waals surface area contributed by atoms with E-state index in [0.29, 0.717) is 64.6 Å². The van der Waals surface area contributed by atoms with Gasteiger partial charge in [-0.2, -0.15) is 0 Å². The standard InChI is InChI=1S/C60H91N9O11/c1-12-41(6)55(67(9)54(40(4)5)60(78)63-59(77)53(39(2)3)66(8)33-23-30-49(71)65-64-48(70)29-20-15-21-34-69-50(72)31-32-51(69)73)47(79-10)37-52(74)68-35-22-28-46(68)56(80-11)42(7)57(75)62-45(36-43-24-16-13-17-25-43)58(76)61-38-44-26-18-14-19-27-44/h13-14,16-19,24-27,31-32,39-42,45-47,53-56H,12,15,20-23,28-30,33-38H2,1-11H3,(H,61,76)(H,62,75)(H,64,70)(H,65,71)(H,63,77,78)/t41-,42+,45-,46-,47+,53-,54-,55-,56+/m0/s1. The van der Waals surface area contributed by atoms with Crippen LogP contribution in [0.2, 0.25) is 0 Å². The van der Waals surface area contributed by atoms with Gasteiger partial charge in [0.15, 0.2) is 0 Å². The topological polar surface area (TPSA) is 245 Å². The van der Waals surface area contributed by atoms with E-state index in [-0.39, 0.29) is 85.4 Å². The highest BCUT2D eigenvalue weighted by molar-refractivity contribution is 6.12. The molecule has 2 aliphatic rings. The summed E-state index contributed by atoms with van der Waals surface area (Å²) in [7, 11) is 6.68. The van der Waals surface area contributed by atoms with Gasteiger partial charge in [0.25, 0.3) is 11.8 Å². The van der Waals surface area contributed by atoms with Crippen molar-refractivity contribution in [2.75, 3.05) is 47.9 Å². The molecule has 20 heteroatoms. The third kappa shape index (κ3) is 19.7. The van der Waals surface area contributed by atoms with Crippen molar-refractivity contribution in [3.63, 3.8) is 0 Å². The second kappa shape index (κ2) is 33.4. The second-order valence-electron chi connectivity index (χ2n) is 22.1. The first-order valence-corrected chi connectivity index (χ1v) is 28.5. The molecule has 4 rings (SSSR count). The Morgan fingerprint density at radius 1 is 0.700 bits per heavy atom. The normalized spacial score (nSPS) is 17.5. The van der Waals surface area contributed by atoms with E-state index in [1.54, 1.807) is 26.0 Å². The lowest BCUT2D eigenvalue weighted by Gasteiger charge is -2.43. The molecule has 1 fully saturated rings. The Hall–Kier alpha value is -6.35. The van der Waals surface area contributed by atoms with Gasteiger partial charge in [-0.3, -0.25) is 74.0 Å². The summed E-state index contributed by atoms with van der Waals surface area (Å²) < 4.78 is 12.2. The number of carbonyl (C=O) groups excluding carboxylic acids is 9. The summed E-state index contributed by atoms with van der Waals surface area (Å²) in [5.74, 6) is -4.57. The Morgan fingerprint density at radius 3 is 1.84 bits per heavy atom. The van der Waals surface area contributed by atoms with Crippen LogP contribution in [0.25, 0.3) is 0 Å². The van der Waals surface area contributed by atoms with Gasteiger partial charge in [0.1, 0.15) is 6.04 Å². The predicted octanol–water partition coefficient (Wildman–Crippen LogP) is 4.46. The fourth-order valence-corrected chi connectivity index (χ4v) is 11.2. The molecule has 0 aromatic heterocycles. The zero-order valence-corrected chi connectivity index (χ0v) is 49.2. The van der Waals surface area contributed by atoms with Crippen LogP contribution >= 0.6 is 0 Å². The molecule has 0 aliphatic carbocycles. The van der Waals surface area contributed by atoms with E-state index in [1.807, 2.05) is 112 Å². The Kier molecular flexibility index (Phi) is 27.6. The van der Waals surface area contributed by atoms with E-state index < -0.39 is 66.1 Å². The Labute approximate surface area is 474 Å². The van der Waals surface area contributed by atoms with Crippen LogP contribution in [0.3, 0.4) is 0 Å². The Bertz CT molecular complexity index is 2370. The zero-order valence-electron chi connectivity index (χ0n) is 49.2. The molecule has 0 spiro atoms. The number of ether oxygens (including phenoxy) is 2. The maximum absolute atomic E-state index is 14.6. The van der Waals surface area contributed by atoms with E-state index in [2.05, 4.69) is 33.7 Å². The first-order chi connectivity index (χ1) is 38.1. The highest BCUT2D eigenvalue weighted by Gasteiger charge is 2.44. The number of nitrogens with one attached hydrogen (secondary N) is 5. The van der Waals surface area contributed by atoms with Crippen molar-refractivity contribution in [3.05, 3.63) is 83.9 Å². The summed E-state index contributed by atoms with van der Waals surface area (Å²) in [6.07, 6.45) is 5.63. The molecule has 0 bridgehead atoms. The molecular weight excluding hydrogens is 1020 g/mol. The van der Waals surface area contributed by atoms with E-state index in [9.17, 15) is 43.2 Å². The molecule has 5 N–H and O–H groups in total. The number of nitrogens with zero attached hydrogens (tertiary/aromatic N) is 4. The van der Waals surface area contributed by atoms with Crippen LogP contribution in [0.15, 0.2) is 72.8 Å². The molecule has 0 radical (unpaired) electrons. The van der Waals surface area contributed by atoms with Crippen LogP contribution in [-0.2, 0) is 65.6 Å². The number of carbonyl (C=O) groups is 9. The monoisotopic (exact) mass is 1110 g/mol. The van der Waals surface area contributed by atoms with Crippen LogP contribution in [0.4, 0.5) is 0 Å². The highest BCUT2D eigenvalue weighted by Crippen LogP contribution is 2.31. The summed E-state index contributed by atoms with van der Waals surface area (Å²) in [5.41, 5.74) is 6.67. The van der Waals surface area contributed by atoms with E-state index in [0.717, 1.165) is 16.0 Å². The minimum absolute atomic E-state index is 0.0207. The van der Waals surface area contributed by atoms with Gasteiger partial charge in [-0.1, -0.05) is 122 Å². The van der Waals surface area contributed by atoms with Gasteiger partial charge in [0, 0.05) is 71.3 Å². The smallest absolute Gasteiger partial charge is 0.253 e. The number of amides is 9. The number of hydrogen-bond donors (Lipinski definition) is 5. The van der Waals surface area contributed by atoms with Gasteiger partial charge < -0.3 is 25.0 Å². The molecular formula is C60H91N9O11. The number of methoxy groups -OCH3 is 2. The van der Waals surface area contributed by atoms with E-state index >= 15 is 0 Å². The highest BCUT2D eigenvalue weighted by atomic mass is 16.5. The first-order valence-electron chi connectivity index (χ1n) is 28.5. The van der Waals surface area contributed by atoms with Crippen LogP contribution in [0.5, 0.6) is 0 Å². The summed E-state index contributed by atoms with van der Waals surface area (Å²) in [6, 6.07) is 15.8. The van der Waals surface area contributed by atoms with Crippen molar-refractivity contribution in [3.8, 4) is 0 Å². The molecule has 9 amide bonds. The number of hydrogen-bond acceptors (Lipinski definition) is 13. The van der Waals surface area contributed by atoms with Crippen molar-refractivity contribution >= 4 is 53.2 Å². The second-order valence-corrected chi connectivity index (χ2v) is 22.1. The number of rotatable bonds is 33. The van der Waals surface area contributed by atoms with Gasteiger partial charge >= 0.3 is 0 Å². The average Bonchev–Trinajstić information content (AvgIpc) is 4.06. The molecule has 0 unspecified atom stereocenters. The molecule has 442 valence electrons. The van der Waals surface area contributed by atoms with E-state index in [4.69, 9.17) is 9.47 Å². The van der Waals surface area contributed by atoms with Crippen LogP contribution in [0.1, 0.15) is 124 Å². The Balaban J connectivity index is 1.35. The maximum atomic E-state index is 14.6. The summed E-state index contributed by atoms with van der Waals surface area (Å²) in [5, 5.41) is 8.70. The fraction of sp³-hybridized carbons (Fsp3) is 0.617. The lowest BCUT2D eigenvalue weighted by atomic mass is 9.87. The van der Waals surface area contributed by atoms with Crippen LogP contribution in [0, 0.1) is 23.7 Å². The van der Waals surface area contributed by atoms with Gasteiger partial charge in [-0.25, -0.2) is 0 Å². The van der Waals surface area contributed by atoms with Crippen molar-refractivity contribution in [2.24, 2.45) is 23.7 Å². The summed E-state index contributed by atoms with van der Waals surface area (Å²) >= 11 is 0. The fourth-order valence-electron chi connectivity index (χ4n) is 11.2. The number of likely N-dealkylation sites (N-methyl/N-ethyl adjacent to an activating group) is 2. The molecule has 80 heavy (non-hydrogen) atoms. The third-order valence-corrected chi connectivity index (χ3v) is 15.6. The summed E-state index contributed by atoms with van der Waals surface area (Å²) in [6.45, 7) is 14.8. The van der Waals surface area contributed by atoms with Gasteiger partial charge in [-0.05, 0) is 81.6 Å². The first kappa shape index (κ1) is 66.2. The third-order valence-electron chi connectivity index (χ3n) is 15.6. The average molecular weight is 1110 g/mol. The maximum Gasteiger partial charge on any atom is 0.253 e. The lowest BCUT2D eigenvalue weighted by molar-refractivity contribution is -0.145. The lowest BCUT2D eigenvalue weighted by Crippen LogP contribution is -2.60. The minimum atomic E-state index is -0.870. The molecule has 20 nitrogen and oxygen atoms in total. The number of hydrazine groups is 1. The molecule has 2 aromatic carbocycles. The number of likely N-dealkylation sites (tertiary alicyclic amines) is 1. The van der Waals surface area contributed by atoms with Gasteiger partial charge in [0.2, 0.25) is 41.4 Å². The van der Waals surface area contributed by atoms with E-state index in [1.165, 1.54) is 19.3 Å². The quantitative estimate of drug-likeness (QED) is 0.0377. The van der Waals surface area contributed by atoms with Gasteiger partial charge in [-0.15, -0.1) is 0 Å². The summed E-state index contributed by atoms with van der Waals surface area (Å²) in [4.78, 5) is 126. The molecule has 2 aliphatic heterocycles. The molecule has 2 aromatic rings. The zero-order chi connectivity index (χ0) is 59.1. The van der Waals surface area contributed by atoms with Crippen LogP contribution < -0.4 is 26.8 Å². The molecule has 0 saturated carbocycles. The van der Waals surface area contributed by atoms with Crippen molar-refractivity contribution < 1.29 is 52.6 Å². The Morgan fingerprint density at radius 2 is 1.27 bits per heavy atom.